The number of piperidine rings is 1. The molecule has 5 nitrogen and oxygen atoms in total. The summed E-state index contributed by atoms with van der Waals surface area (Å²) in [6.45, 7) is 0.268. The number of rotatable bonds is 6. The van der Waals surface area contributed by atoms with Crippen molar-refractivity contribution in [3.8, 4) is 0 Å². The van der Waals surface area contributed by atoms with Crippen LogP contribution in [0, 0.1) is 17.6 Å². The number of thiophene rings is 1. The fourth-order valence-corrected chi connectivity index (χ4v) is 6.18. The molecular weight excluding hydrogens is 454 g/mol. The molecule has 1 saturated heterocycles. The summed E-state index contributed by atoms with van der Waals surface area (Å²) in [5.41, 5.74) is 0.766. The van der Waals surface area contributed by atoms with Gasteiger partial charge in [0.2, 0.25) is 15.9 Å². The Morgan fingerprint density at radius 1 is 1.00 bits per heavy atom. The second-order valence-corrected chi connectivity index (χ2v) is 10.5. The number of sulfonamides is 1. The summed E-state index contributed by atoms with van der Waals surface area (Å²) in [6.07, 6.45) is 0.667. The number of nitrogens with zero attached hydrogens (tertiary/aromatic N) is 1. The van der Waals surface area contributed by atoms with E-state index in [9.17, 15) is 22.0 Å². The summed E-state index contributed by atoms with van der Waals surface area (Å²) < 4.78 is 54.2. The van der Waals surface area contributed by atoms with Gasteiger partial charge in [-0.25, -0.2) is 17.2 Å². The molecule has 168 valence electrons. The van der Waals surface area contributed by atoms with Gasteiger partial charge < -0.3 is 5.32 Å². The Balaban J connectivity index is 1.44. The average Bonchev–Trinajstić information content (AvgIpc) is 3.33. The van der Waals surface area contributed by atoms with E-state index >= 15 is 0 Å². The lowest BCUT2D eigenvalue weighted by Gasteiger charge is -2.31. The second-order valence-electron chi connectivity index (χ2n) is 7.62. The average molecular weight is 477 g/mol. The van der Waals surface area contributed by atoms with Crippen molar-refractivity contribution in [1.82, 2.24) is 9.62 Å². The third-order valence-corrected chi connectivity index (χ3v) is 8.47. The SMILES string of the molecule is O=C(NC(c1ccc(F)cc1)c1cccs1)C1CCN(S(=O)(=O)c2ccccc2F)CC1. The van der Waals surface area contributed by atoms with Crippen molar-refractivity contribution in [2.45, 2.75) is 23.8 Å². The van der Waals surface area contributed by atoms with Gasteiger partial charge >= 0.3 is 0 Å². The summed E-state index contributed by atoms with van der Waals surface area (Å²) in [7, 11) is -3.95. The summed E-state index contributed by atoms with van der Waals surface area (Å²) >= 11 is 1.49. The highest BCUT2D eigenvalue weighted by Gasteiger charge is 2.34. The largest absolute Gasteiger partial charge is 0.344 e. The molecule has 0 aliphatic carbocycles. The number of halogens is 2. The quantitative estimate of drug-likeness (QED) is 0.576. The summed E-state index contributed by atoms with van der Waals surface area (Å²) in [6, 6.07) is 14.7. The fourth-order valence-electron chi connectivity index (χ4n) is 3.84. The van der Waals surface area contributed by atoms with Gasteiger partial charge in [-0.05, 0) is 54.1 Å². The number of hydrogen-bond acceptors (Lipinski definition) is 4. The lowest BCUT2D eigenvalue weighted by molar-refractivity contribution is -0.126. The van der Waals surface area contributed by atoms with E-state index in [1.165, 1.54) is 46.0 Å². The second kappa shape index (κ2) is 9.48. The molecule has 2 aromatic carbocycles. The highest BCUT2D eigenvalue weighted by molar-refractivity contribution is 7.89. The molecule has 0 saturated carbocycles. The van der Waals surface area contributed by atoms with Crippen LogP contribution in [0.4, 0.5) is 8.78 Å². The zero-order chi connectivity index (χ0) is 22.7. The monoisotopic (exact) mass is 476 g/mol. The molecule has 1 amide bonds. The number of hydrogen-bond donors (Lipinski definition) is 1. The molecule has 0 spiro atoms. The first-order valence-electron chi connectivity index (χ1n) is 10.2. The van der Waals surface area contributed by atoms with Crippen molar-refractivity contribution in [3.63, 3.8) is 0 Å². The Hall–Kier alpha value is -2.62. The molecule has 1 aromatic heterocycles. The van der Waals surface area contributed by atoms with Crippen LogP contribution in [0.5, 0.6) is 0 Å². The maximum absolute atomic E-state index is 14.0. The van der Waals surface area contributed by atoms with Crippen molar-refractivity contribution in [3.05, 3.63) is 88.1 Å². The molecule has 4 rings (SSSR count). The number of amides is 1. The van der Waals surface area contributed by atoms with Crippen LogP contribution in [-0.2, 0) is 14.8 Å². The molecule has 1 N–H and O–H groups in total. The molecule has 1 unspecified atom stereocenters. The first-order chi connectivity index (χ1) is 15.4. The third kappa shape index (κ3) is 4.74. The zero-order valence-electron chi connectivity index (χ0n) is 17.1. The first-order valence-corrected chi connectivity index (χ1v) is 12.5. The van der Waals surface area contributed by atoms with E-state index in [1.807, 2.05) is 17.5 Å². The Labute approximate surface area is 189 Å². The Kier molecular flexibility index (Phi) is 6.68. The predicted octanol–water partition coefficient (Wildman–Crippen LogP) is 4.33. The fraction of sp³-hybridized carbons (Fsp3) is 0.261. The van der Waals surface area contributed by atoms with Crippen molar-refractivity contribution in [2.75, 3.05) is 13.1 Å². The van der Waals surface area contributed by atoms with Gasteiger partial charge in [0.05, 0.1) is 6.04 Å². The summed E-state index contributed by atoms with van der Waals surface area (Å²) in [4.78, 5) is 13.6. The topological polar surface area (TPSA) is 66.5 Å². The zero-order valence-corrected chi connectivity index (χ0v) is 18.7. The van der Waals surface area contributed by atoms with Crippen LogP contribution in [0.15, 0.2) is 70.9 Å². The first kappa shape index (κ1) is 22.6. The van der Waals surface area contributed by atoms with E-state index in [1.54, 1.807) is 12.1 Å². The van der Waals surface area contributed by atoms with E-state index in [-0.39, 0.29) is 35.6 Å². The van der Waals surface area contributed by atoms with Crippen molar-refractivity contribution < 1.29 is 22.0 Å². The van der Waals surface area contributed by atoms with E-state index in [0.29, 0.717) is 12.8 Å². The van der Waals surface area contributed by atoms with Crippen LogP contribution in [0.1, 0.15) is 29.3 Å². The molecular formula is C23H22F2N2O3S2. The van der Waals surface area contributed by atoms with E-state index in [0.717, 1.165) is 16.5 Å². The lowest BCUT2D eigenvalue weighted by Crippen LogP contribution is -2.43. The smallest absolute Gasteiger partial charge is 0.245 e. The van der Waals surface area contributed by atoms with Crippen LogP contribution in [0.25, 0.3) is 0 Å². The number of nitrogens with one attached hydrogen (secondary N) is 1. The van der Waals surface area contributed by atoms with Gasteiger partial charge in [-0.1, -0.05) is 30.3 Å². The highest BCUT2D eigenvalue weighted by Crippen LogP contribution is 2.29. The number of carbonyl (C=O) groups excluding carboxylic acids is 1. The third-order valence-electron chi connectivity index (χ3n) is 5.60. The van der Waals surface area contributed by atoms with Crippen LogP contribution < -0.4 is 5.32 Å². The standard InChI is InChI=1S/C23H22F2N2O3S2/c24-18-9-7-16(8-10-18)22(20-5-3-15-31-20)26-23(28)17-11-13-27(14-12-17)32(29,30)21-6-2-1-4-19(21)25/h1-10,15,17,22H,11-14H2,(H,26,28). The molecule has 1 fully saturated rings. The van der Waals surface area contributed by atoms with Gasteiger partial charge in [0.1, 0.15) is 16.5 Å². The van der Waals surface area contributed by atoms with Gasteiger partial charge in [0.15, 0.2) is 0 Å². The van der Waals surface area contributed by atoms with Gasteiger partial charge in [-0.15, -0.1) is 11.3 Å². The molecule has 3 aromatic rings. The molecule has 32 heavy (non-hydrogen) atoms. The molecule has 0 bridgehead atoms. The van der Waals surface area contributed by atoms with Gasteiger partial charge in [0, 0.05) is 23.9 Å². The maximum atomic E-state index is 14.0. The number of benzene rings is 2. The predicted molar refractivity (Wildman–Crippen MR) is 119 cm³/mol. The van der Waals surface area contributed by atoms with Crippen LogP contribution in [0.2, 0.25) is 0 Å². The van der Waals surface area contributed by atoms with Crippen molar-refractivity contribution in [2.24, 2.45) is 5.92 Å². The van der Waals surface area contributed by atoms with E-state index < -0.39 is 21.9 Å². The minimum Gasteiger partial charge on any atom is -0.344 e. The molecule has 0 radical (unpaired) electrons. The summed E-state index contributed by atoms with van der Waals surface area (Å²) in [5, 5.41) is 4.95. The molecule has 1 aliphatic heterocycles. The highest BCUT2D eigenvalue weighted by atomic mass is 32.2. The lowest BCUT2D eigenvalue weighted by atomic mass is 9.96. The van der Waals surface area contributed by atoms with E-state index in [2.05, 4.69) is 5.32 Å². The van der Waals surface area contributed by atoms with Gasteiger partial charge in [0.25, 0.3) is 0 Å². The minimum atomic E-state index is -3.95. The summed E-state index contributed by atoms with van der Waals surface area (Å²) in [5.74, 6) is -1.69. The Morgan fingerprint density at radius 3 is 2.31 bits per heavy atom. The molecule has 1 aliphatic rings. The Bertz CT molecular complexity index is 1170. The van der Waals surface area contributed by atoms with Crippen LogP contribution in [0.3, 0.4) is 0 Å². The van der Waals surface area contributed by atoms with Crippen molar-refractivity contribution >= 4 is 27.3 Å². The van der Waals surface area contributed by atoms with Gasteiger partial charge in [-0.2, -0.15) is 4.31 Å². The number of carbonyl (C=O) groups is 1. The Morgan fingerprint density at radius 2 is 1.69 bits per heavy atom. The minimum absolute atomic E-state index is 0.134. The van der Waals surface area contributed by atoms with Crippen LogP contribution in [-0.4, -0.2) is 31.7 Å². The molecule has 9 heteroatoms. The normalized spacial score (nSPS) is 16.6. The molecule has 1 atom stereocenters. The molecule has 2 heterocycles. The van der Waals surface area contributed by atoms with Crippen LogP contribution >= 0.6 is 11.3 Å². The maximum Gasteiger partial charge on any atom is 0.245 e. The van der Waals surface area contributed by atoms with Gasteiger partial charge in [-0.3, -0.25) is 4.79 Å². The van der Waals surface area contributed by atoms with Crippen molar-refractivity contribution in [1.29, 1.82) is 0 Å². The van der Waals surface area contributed by atoms with E-state index in [4.69, 9.17) is 0 Å².